The number of amides is 1. The van der Waals surface area contributed by atoms with Gasteiger partial charge in [-0.2, -0.15) is 0 Å². The molecule has 6 nitrogen and oxygen atoms in total. The van der Waals surface area contributed by atoms with Gasteiger partial charge < -0.3 is 9.64 Å². The van der Waals surface area contributed by atoms with Gasteiger partial charge in [0.05, 0.1) is 11.9 Å². The number of piperidine rings is 1. The minimum Gasteiger partial charge on any atom is -0.489 e. The maximum Gasteiger partial charge on any atom is 0.274 e. The molecule has 1 amide bonds. The van der Waals surface area contributed by atoms with Crippen molar-refractivity contribution in [1.29, 1.82) is 0 Å². The highest BCUT2D eigenvalue weighted by Gasteiger charge is 2.24. The lowest BCUT2D eigenvalue weighted by atomic mass is 9.90. The van der Waals surface area contributed by atoms with Gasteiger partial charge in [-0.3, -0.25) is 14.8 Å². The third-order valence-electron chi connectivity index (χ3n) is 5.50. The van der Waals surface area contributed by atoms with Crippen LogP contribution in [0.5, 0.6) is 5.75 Å². The molecule has 6 heteroatoms. The van der Waals surface area contributed by atoms with E-state index < -0.39 is 0 Å². The van der Waals surface area contributed by atoms with Gasteiger partial charge in [-0.1, -0.05) is 24.3 Å². The molecular weight excluding hydrogens is 376 g/mol. The van der Waals surface area contributed by atoms with Gasteiger partial charge in [0.25, 0.3) is 5.91 Å². The van der Waals surface area contributed by atoms with Crippen molar-refractivity contribution in [3.8, 4) is 5.75 Å². The van der Waals surface area contributed by atoms with E-state index in [1.165, 1.54) is 5.56 Å². The van der Waals surface area contributed by atoms with E-state index in [9.17, 15) is 4.79 Å². The first-order valence-corrected chi connectivity index (χ1v) is 10.4. The smallest absolute Gasteiger partial charge is 0.274 e. The van der Waals surface area contributed by atoms with Gasteiger partial charge in [-0.25, -0.2) is 4.98 Å². The first-order valence-electron chi connectivity index (χ1n) is 10.4. The van der Waals surface area contributed by atoms with Crippen LogP contribution in [0.3, 0.4) is 0 Å². The summed E-state index contributed by atoms with van der Waals surface area (Å²) in [5.74, 6) is 1.41. The molecule has 0 bridgehead atoms. The molecule has 30 heavy (non-hydrogen) atoms. The zero-order valence-corrected chi connectivity index (χ0v) is 17.2. The molecule has 3 heterocycles. The lowest BCUT2D eigenvalue weighted by molar-refractivity contribution is 0.0684. The molecule has 0 radical (unpaired) electrons. The quantitative estimate of drug-likeness (QED) is 0.626. The predicted octanol–water partition coefficient (Wildman–Crippen LogP) is 3.85. The lowest BCUT2D eigenvalue weighted by Crippen LogP contribution is -2.39. The molecule has 0 atom stereocenters. The fraction of sp³-hybridized carbons (Fsp3) is 0.333. The standard InChI is InChI=1S/C24H26N4O2/c1-18-15-27-23(16-26-18)24(29)28-12-8-20(9-13-28)14-19-2-4-21(5-3-19)17-30-22-6-10-25-11-7-22/h2-7,10-11,15-16,20H,8-9,12-14,17H2,1H3. The Hall–Kier alpha value is -3.28. The molecule has 4 rings (SSSR count). The highest BCUT2D eigenvalue weighted by Crippen LogP contribution is 2.23. The molecule has 1 aromatic carbocycles. The molecule has 0 unspecified atom stereocenters. The van der Waals surface area contributed by atoms with E-state index in [-0.39, 0.29) is 5.91 Å². The summed E-state index contributed by atoms with van der Waals surface area (Å²) in [7, 11) is 0. The molecule has 1 aliphatic heterocycles. The van der Waals surface area contributed by atoms with Gasteiger partial charge >= 0.3 is 0 Å². The molecule has 3 aromatic rings. The second-order valence-electron chi connectivity index (χ2n) is 7.77. The van der Waals surface area contributed by atoms with E-state index in [4.69, 9.17) is 4.74 Å². The SMILES string of the molecule is Cc1cnc(C(=O)N2CCC(Cc3ccc(COc4ccncc4)cc3)CC2)cn1. The van der Waals surface area contributed by atoms with Crippen LogP contribution in [-0.4, -0.2) is 38.8 Å². The van der Waals surface area contributed by atoms with Crippen LogP contribution in [0.4, 0.5) is 0 Å². The number of ether oxygens (including phenoxy) is 1. The number of hydrogen-bond acceptors (Lipinski definition) is 5. The van der Waals surface area contributed by atoms with E-state index in [0.29, 0.717) is 18.2 Å². The van der Waals surface area contributed by atoms with Crippen LogP contribution >= 0.6 is 0 Å². The van der Waals surface area contributed by atoms with E-state index in [0.717, 1.165) is 49.4 Å². The van der Waals surface area contributed by atoms with E-state index in [1.54, 1.807) is 24.8 Å². The third kappa shape index (κ3) is 5.20. The summed E-state index contributed by atoms with van der Waals surface area (Å²) in [4.78, 5) is 26.9. The first-order chi connectivity index (χ1) is 14.7. The van der Waals surface area contributed by atoms with Gasteiger partial charge in [-0.15, -0.1) is 0 Å². The Balaban J connectivity index is 1.24. The van der Waals surface area contributed by atoms with Crippen LogP contribution < -0.4 is 4.74 Å². The number of benzene rings is 1. The van der Waals surface area contributed by atoms with Crippen molar-refractivity contribution in [3.63, 3.8) is 0 Å². The zero-order valence-electron chi connectivity index (χ0n) is 17.2. The van der Waals surface area contributed by atoms with Gasteiger partial charge in [0.15, 0.2) is 0 Å². The number of carbonyl (C=O) groups is 1. The van der Waals surface area contributed by atoms with Crippen LogP contribution in [0.2, 0.25) is 0 Å². The monoisotopic (exact) mass is 402 g/mol. The first kappa shape index (κ1) is 20.0. The number of aryl methyl sites for hydroxylation is 1. The molecule has 0 spiro atoms. The fourth-order valence-corrected chi connectivity index (χ4v) is 3.71. The average molecular weight is 402 g/mol. The van der Waals surface area contributed by atoms with Crippen LogP contribution in [0, 0.1) is 12.8 Å². The number of carbonyl (C=O) groups excluding carboxylic acids is 1. The maximum atomic E-state index is 12.6. The second kappa shape index (κ2) is 9.48. The Morgan fingerprint density at radius 1 is 1.00 bits per heavy atom. The second-order valence-corrected chi connectivity index (χ2v) is 7.77. The Bertz CT molecular complexity index is 951. The van der Waals surface area contributed by atoms with Crippen molar-refractivity contribution in [2.75, 3.05) is 13.1 Å². The summed E-state index contributed by atoms with van der Waals surface area (Å²) in [6, 6.07) is 12.3. The Morgan fingerprint density at radius 3 is 2.37 bits per heavy atom. The Labute approximate surface area is 177 Å². The van der Waals surface area contributed by atoms with Crippen LogP contribution in [0.25, 0.3) is 0 Å². The average Bonchev–Trinajstić information content (AvgIpc) is 2.80. The van der Waals surface area contributed by atoms with Crippen molar-refractivity contribution in [2.45, 2.75) is 32.8 Å². The number of rotatable bonds is 6. The highest BCUT2D eigenvalue weighted by molar-refractivity contribution is 5.92. The fourth-order valence-electron chi connectivity index (χ4n) is 3.71. The summed E-state index contributed by atoms with van der Waals surface area (Å²) < 4.78 is 5.77. The number of hydrogen-bond donors (Lipinski definition) is 0. The predicted molar refractivity (Wildman–Crippen MR) is 114 cm³/mol. The van der Waals surface area contributed by atoms with Crippen molar-refractivity contribution >= 4 is 5.91 Å². The zero-order chi connectivity index (χ0) is 20.8. The van der Waals surface area contributed by atoms with Crippen LogP contribution in [-0.2, 0) is 13.0 Å². The number of nitrogens with zero attached hydrogens (tertiary/aromatic N) is 4. The number of pyridine rings is 1. The number of likely N-dealkylation sites (tertiary alicyclic amines) is 1. The van der Waals surface area contributed by atoms with Crippen molar-refractivity contribution < 1.29 is 9.53 Å². The van der Waals surface area contributed by atoms with Gasteiger partial charge in [0.2, 0.25) is 0 Å². The summed E-state index contributed by atoms with van der Waals surface area (Å²) in [6.07, 6.45) is 9.74. The van der Waals surface area contributed by atoms with Gasteiger partial charge in [0.1, 0.15) is 18.1 Å². The molecule has 1 saturated heterocycles. The minimum atomic E-state index is -0.0144. The molecular formula is C24H26N4O2. The topological polar surface area (TPSA) is 68.2 Å². The largest absolute Gasteiger partial charge is 0.489 e. The molecule has 1 aliphatic rings. The van der Waals surface area contributed by atoms with Crippen LogP contribution in [0.1, 0.15) is 40.2 Å². The van der Waals surface area contributed by atoms with Gasteiger partial charge in [-0.05, 0) is 55.4 Å². The lowest BCUT2D eigenvalue weighted by Gasteiger charge is -2.31. The summed E-state index contributed by atoms with van der Waals surface area (Å²) in [5, 5.41) is 0. The van der Waals surface area contributed by atoms with Crippen molar-refractivity contribution in [1.82, 2.24) is 19.9 Å². The summed E-state index contributed by atoms with van der Waals surface area (Å²) in [5.41, 5.74) is 3.73. The highest BCUT2D eigenvalue weighted by atomic mass is 16.5. The summed E-state index contributed by atoms with van der Waals surface area (Å²) >= 11 is 0. The number of aromatic nitrogens is 3. The minimum absolute atomic E-state index is 0.0144. The molecule has 1 fully saturated rings. The normalized spacial score (nSPS) is 14.5. The third-order valence-corrected chi connectivity index (χ3v) is 5.50. The molecule has 0 aliphatic carbocycles. The Kier molecular flexibility index (Phi) is 6.32. The molecule has 0 saturated carbocycles. The maximum absolute atomic E-state index is 12.6. The van der Waals surface area contributed by atoms with Gasteiger partial charge in [0, 0.05) is 31.7 Å². The van der Waals surface area contributed by atoms with E-state index in [2.05, 4.69) is 39.2 Å². The molecule has 0 N–H and O–H groups in total. The van der Waals surface area contributed by atoms with E-state index >= 15 is 0 Å². The Morgan fingerprint density at radius 2 is 1.70 bits per heavy atom. The van der Waals surface area contributed by atoms with Crippen molar-refractivity contribution in [2.24, 2.45) is 5.92 Å². The molecule has 154 valence electrons. The van der Waals surface area contributed by atoms with Crippen molar-refractivity contribution in [3.05, 3.63) is 83.7 Å². The van der Waals surface area contributed by atoms with E-state index in [1.807, 2.05) is 24.0 Å². The summed E-state index contributed by atoms with van der Waals surface area (Å²) in [6.45, 7) is 3.97. The molecule has 2 aromatic heterocycles. The van der Waals surface area contributed by atoms with Crippen LogP contribution in [0.15, 0.2) is 61.2 Å².